The predicted octanol–water partition coefficient (Wildman–Crippen LogP) is 3.75. The molecule has 0 unspecified atom stereocenters. The van der Waals surface area contributed by atoms with Crippen LogP contribution in [-0.4, -0.2) is 17.3 Å². The zero-order valence-corrected chi connectivity index (χ0v) is 12.9. The number of Topliss-reactive ketones (excluding diaryl/α,β-unsaturated/α-hetero) is 3. The zero-order valence-electron chi connectivity index (χ0n) is 12.9. The molecule has 0 aromatic heterocycles. The molecule has 116 valence electrons. The molecular weight excluding hydrogens is 300 g/mol. The van der Waals surface area contributed by atoms with Crippen molar-refractivity contribution in [3.63, 3.8) is 0 Å². The van der Waals surface area contributed by atoms with Crippen LogP contribution in [0.3, 0.4) is 0 Å². The molecule has 0 radical (unpaired) electrons. The zero-order chi connectivity index (χ0) is 16.5. The number of allylic oxidation sites excluding steroid dienone is 2. The van der Waals surface area contributed by atoms with Crippen molar-refractivity contribution in [3.8, 4) is 0 Å². The third-order valence-corrected chi connectivity index (χ3v) is 5.70. The number of fused-ring (bicyclic) bond motifs is 4. The van der Waals surface area contributed by atoms with Crippen molar-refractivity contribution in [2.75, 3.05) is 0 Å². The molecule has 0 saturated carbocycles. The average molecular weight is 314 g/mol. The maximum Gasteiger partial charge on any atom is 0.190 e. The van der Waals surface area contributed by atoms with Gasteiger partial charge in [0, 0.05) is 22.3 Å². The molecule has 0 amide bonds. The summed E-state index contributed by atoms with van der Waals surface area (Å²) < 4.78 is 0. The van der Waals surface area contributed by atoms with Gasteiger partial charge in [-0.2, -0.15) is 0 Å². The molecule has 2 atom stereocenters. The highest BCUT2D eigenvalue weighted by Gasteiger charge is 2.59. The van der Waals surface area contributed by atoms with Crippen LogP contribution in [0.25, 0.3) is 0 Å². The van der Waals surface area contributed by atoms with Gasteiger partial charge in [0.2, 0.25) is 0 Å². The number of ketones is 3. The maximum absolute atomic E-state index is 13.3. The molecule has 3 nitrogen and oxygen atoms in total. The summed E-state index contributed by atoms with van der Waals surface area (Å²) in [5.74, 6) is -0.484. The SMILES string of the molecule is O=C1C2=CC[C@@H]3C[C@@]2(C(=O)c2ccccc21)C(=O)c1ccccc13. The van der Waals surface area contributed by atoms with Gasteiger partial charge >= 0.3 is 0 Å². The number of carbonyl (C=O) groups excluding carboxylic acids is 3. The second kappa shape index (κ2) is 4.38. The lowest BCUT2D eigenvalue weighted by atomic mass is 9.53. The summed E-state index contributed by atoms with van der Waals surface area (Å²) in [5.41, 5.74) is 1.48. The van der Waals surface area contributed by atoms with Crippen LogP contribution >= 0.6 is 0 Å². The van der Waals surface area contributed by atoms with Gasteiger partial charge in [-0.25, -0.2) is 0 Å². The van der Waals surface area contributed by atoms with Gasteiger partial charge in [-0.3, -0.25) is 14.4 Å². The fourth-order valence-corrected chi connectivity index (χ4v) is 4.60. The molecule has 0 fully saturated rings. The van der Waals surface area contributed by atoms with Crippen molar-refractivity contribution in [1.82, 2.24) is 0 Å². The van der Waals surface area contributed by atoms with Gasteiger partial charge in [0.05, 0.1) is 0 Å². The van der Waals surface area contributed by atoms with Gasteiger partial charge < -0.3 is 0 Å². The van der Waals surface area contributed by atoms with E-state index in [0.717, 1.165) is 5.56 Å². The van der Waals surface area contributed by atoms with Gasteiger partial charge in [0.25, 0.3) is 0 Å². The van der Waals surface area contributed by atoms with Crippen molar-refractivity contribution >= 4 is 17.3 Å². The lowest BCUT2D eigenvalue weighted by molar-refractivity contribution is 0.0623. The lowest BCUT2D eigenvalue weighted by Crippen LogP contribution is -2.52. The van der Waals surface area contributed by atoms with E-state index in [1.165, 1.54) is 0 Å². The summed E-state index contributed by atoms with van der Waals surface area (Å²) in [7, 11) is 0. The fraction of sp³-hybridized carbons (Fsp3) is 0.190. The van der Waals surface area contributed by atoms with E-state index in [0.29, 0.717) is 35.1 Å². The van der Waals surface area contributed by atoms with Crippen LogP contribution in [0.5, 0.6) is 0 Å². The first kappa shape index (κ1) is 13.6. The molecule has 0 heterocycles. The summed E-state index contributed by atoms with van der Waals surface area (Å²) in [4.78, 5) is 39.6. The molecule has 3 aliphatic rings. The summed E-state index contributed by atoms with van der Waals surface area (Å²) in [6, 6.07) is 14.3. The normalized spacial score (nSPS) is 27.1. The molecule has 5 rings (SSSR count). The van der Waals surface area contributed by atoms with Gasteiger partial charge in [-0.15, -0.1) is 0 Å². The van der Waals surface area contributed by atoms with E-state index in [9.17, 15) is 14.4 Å². The molecule has 1 spiro atoms. The Labute approximate surface area is 139 Å². The van der Waals surface area contributed by atoms with Crippen molar-refractivity contribution in [2.24, 2.45) is 5.41 Å². The summed E-state index contributed by atoms with van der Waals surface area (Å²) in [5, 5.41) is 0. The fourth-order valence-electron chi connectivity index (χ4n) is 4.60. The number of rotatable bonds is 0. The Morgan fingerprint density at radius 1 is 0.792 bits per heavy atom. The predicted molar refractivity (Wildman–Crippen MR) is 88.4 cm³/mol. The largest absolute Gasteiger partial charge is 0.293 e. The minimum absolute atomic E-state index is 0.115. The number of hydrogen-bond donors (Lipinski definition) is 0. The Kier molecular flexibility index (Phi) is 2.49. The van der Waals surface area contributed by atoms with E-state index >= 15 is 0 Å². The van der Waals surface area contributed by atoms with E-state index in [2.05, 4.69) is 0 Å². The number of benzene rings is 2. The Morgan fingerprint density at radius 2 is 1.42 bits per heavy atom. The van der Waals surface area contributed by atoms with E-state index in [1.807, 2.05) is 24.3 Å². The van der Waals surface area contributed by atoms with Crippen LogP contribution in [0.1, 0.15) is 55.4 Å². The van der Waals surface area contributed by atoms with Gasteiger partial charge in [-0.1, -0.05) is 54.6 Å². The second-order valence-electron chi connectivity index (χ2n) is 6.78. The first-order valence-electron chi connectivity index (χ1n) is 8.17. The number of carbonyl (C=O) groups is 3. The molecule has 2 aromatic rings. The standard InChI is InChI=1S/C21H14O3/c22-18-14-6-2-4-8-16(14)20(24)21-11-12(9-10-17(18)21)13-5-1-3-7-15(13)19(21)23/h1-8,10,12H,9,11H2/t12-,21+/m1/s1. The van der Waals surface area contributed by atoms with Crippen LogP contribution in [0, 0.1) is 5.41 Å². The molecular formula is C21H14O3. The molecule has 0 aliphatic heterocycles. The third kappa shape index (κ3) is 1.41. The van der Waals surface area contributed by atoms with Crippen LogP contribution < -0.4 is 0 Å². The highest BCUT2D eigenvalue weighted by atomic mass is 16.2. The highest BCUT2D eigenvalue weighted by molar-refractivity contribution is 6.35. The van der Waals surface area contributed by atoms with Crippen molar-refractivity contribution in [1.29, 1.82) is 0 Å². The smallest absolute Gasteiger partial charge is 0.190 e. The van der Waals surface area contributed by atoms with Gasteiger partial charge in [0.1, 0.15) is 5.41 Å². The molecule has 3 aliphatic carbocycles. The Hall–Kier alpha value is -2.81. The molecule has 2 bridgehead atoms. The van der Waals surface area contributed by atoms with Crippen LogP contribution in [0.2, 0.25) is 0 Å². The minimum atomic E-state index is -1.32. The Morgan fingerprint density at radius 3 is 2.21 bits per heavy atom. The highest BCUT2D eigenvalue weighted by Crippen LogP contribution is 2.55. The summed E-state index contributed by atoms with van der Waals surface area (Å²) in [6.45, 7) is 0. The minimum Gasteiger partial charge on any atom is -0.293 e. The quantitative estimate of drug-likeness (QED) is 0.696. The first-order chi connectivity index (χ1) is 11.6. The van der Waals surface area contributed by atoms with Gasteiger partial charge in [-0.05, 0) is 24.3 Å². The molecule has 2 aromatic carbocycles. The second-order valence-corrected chi connectivity index (χ2v) is 6.78. The maximum atomic E-state index is 13.3. The van der Waals surface area contributed by atoms with E-state index < -0.39 is 5.41 Å². The topological polar surface area (TPSA) is 51.2 Å². The third-order valence-electron chi connectivity index (χ3n) is 5.70. The monoisotopic (exact) mass is 314 g/mol. The Bertz CT molecular complexity index is 982. The number of hydrogen-bond acceptors (Lipinski definition) is 3. The summed E-state index contributed by atoms with van der Waals surface area (Å²) in [6.07, 6.45) is 2.94. The van der Waals surface area contributed by atoms with Gasteiger partial charge in [0.15, 0.2) is 17.3 Å². The molecule has 0 N–H and O–H groups in total. The molecule has 0 saturated heterocycles. The average Bonchev–Trinajstić information content (AvgIpc) is 2.64. The lowest BCUT2D eigenvalue weighted by Gasteiger charge is -2.45. The van der Waals surface area contributed by atoms with Crippen molar-refractivity contribution < 1.29 is 14.4 Å². The molecule has 24 heavy (non-hydrogen) atoms. The van der Waals surface area contributed by atoms with E-state index in [1.54, 1.807) is 30.3 Å². The Balaban J connectivity index is 1.83. The van der Waals surface area contributed by atoms with Crippen LogP contribution in [0.15, 0.2) is 60.2 Å². The van der Waals surface area contributed by atoms with E-state index in [4.69, 9.17) is 0 Å². The van der Waals surface area contributed by atoms with E-state index in [-0.39, 0.29) is 23.3 Å². The summed E-state index contributed by atoms with van der Waals surface area (Å²) >= 11 is 0. The van der Waals surface area contributed by atoms with Crippen molar-refractivity contribution in [2.45, 2.75) is 18.8 Å². The van der Waals surface area contributed by atoms with Crippen LogP contribution in [-0.2, 0) is 0 Å². The van der Waals surface area contributed by atoms with Crippen LogP contribution in [0.4, 0.5) is 0 Å². The first-order valence-corrected chi connectivity index (χ1v) is 8.17. The molecule has 3 heteroatoms. The van der Waals surface area contributed by atoms with Crippen molar-refractivity contribution in [3.05, 3.63) is 82.4 Å².